The number of nitrogens with one attached hydrogen (secondary N) is 2. The van der Waals surface area contributed by atoms with E-state index in [1.165, 1.54) is 79.4 Å². The Hall–Kier alpha value is -5.27. The number of esters is 2. The highest BCUT2D eigenvalue weighted by Gasteiger charge is 2.36. The lowest BCUT2D eigenvalue weighted by Gasteiger charge is -2.34. The summed E-state index contributed by atoms with van der Waals surface area (Å²) in [6.45, 7) is 2.53. The number of thiazole rings is 2. The number of aromatic nitrogens is 2. The zero-order chi connectivity index (χ0) is 51.0. The molecule has 2 saturated heterocycles. The predicted octanol–water partition coefficient (Wildman–Crippen LogP) is 7.07. The van der Waals surface area contributed by atoms with Gasteiger partial charge in [0.05, 0.1) is 44.2 Å². The molecule has 2 aromatic carbocycles. The van der Waals surface area contributed by atoms with E-state index in [9.17, 15) is 23.2 Å². The number of nitrogens with zero attached hydrogens (tertiary/aromatic N) is 5. The third-order valence-corrected chi connectivity index (χ3v) is 13.5. The first-order chi connectivity index (χ1) is 34.2. The van der Waals surface area contributed by atoms with Crippen LogP contribution in [0.3, 0.4) is 0 Å². The molecule has 0 amide bonds. The number of halogens is 5. The van der Waals surface area contributed by atoms with Gasteiger partial charge < -0.3 is 44.9 Å². The molecule has 0 aliphatic carbocycles. The number of aliphatic carboxylic acids is 1. The van der Waals surface area contributed by atoms with Crippen LogP contribution in [-0.4, -0.2) is 131 Å². The summed E-state index contributed by atoms with van der Waals surface area (Å²) < 4.78 is 48.2. The van der Waals surface area contributed by atoms with Crippen LogP contribution in [0.5, 0.6) is 0 Å². The van der Waals surface area contributed by atoms with E-state index in [1.54, 1.807) is 24.5 Å². The van der Waals surface area contributed by atoms with Crippen LogP contribution in [0.4, 0.5) is 8.78 Å². The van der Waals surface area contributed by atoms with Gasteiger partial charge in [0.15, 0.2) is 28.0 Å². The van der Waals surface area contributed by atoms with Crippen LogP contribution in [0.1, 0.15) is 52.5 Å². The standard InChI is InChI=1S/C23H24ClFN4O5S.C16H12BrClFN3O2S.C8H12O3/c1-33-23(32)19-17(12-29-7-8-34-14(11-29)3-5-18(30)31)27-21(22-26-6-9-35-22)28-20(19)15-4-2-13(25)10-16(15)24;1-24-16(23)12-11(7-17)21-14(15-20-4-5-25-15)22-13(12)9-3-2-8(19)6-10(9)18;9-8(10)5-4-7-3-1-2-6-11-7/h2-6,9-10,14,18,20,30-31H,7-8,11-12H2,1H3,(H,27,28);2-6,13H,7H2,1H3,(H,21,22);4-5,7H,1-3,6H2,(H,9,10)/b5-3+;;5-4+/t14-,20+;13-;7-/m100/s1. The van der Waals surface area contributed by atoms with Crippen molar-refractivity contribution in [2.45, 2.75) is 49.8 Å². The van der Waals surface area contributed by atoms with Gasteiger partial charge >= 0.3 is 17.9 Å². The van der Waals surface area contributed by atoms with Gasteiger partial charge in [0.25, 0.3) is 0 Å². The number of hydrogen-bond acceptors (Lipinski definition) is 18. The number of methoxy groups -OCH3 is 2. The second-order valence-electron chi connectivity index (χ2n) is 15.5. The molecule has 5 N–H and O–H groups in total. The molecule has 17 nitrogen and oxygen atoms in total. The molecule has 24 heteroatoms. The van der Waals surface area contributed by atoms with Crippen molar-refractivity contribution < 1.29 is 57.4 Å². The highest BCUT2D eigenvalue weighted by atomic mass is 79.9. The fourth-order valence-corrected chi connectivity index (χ4v) is 9.62. The first-order valence-electron chi connectivity index (χ1n) is 21.7. The number of aliphatic imine (C=N–C) groups is 2. The summed E-state index contributed by atoms with van der Waals surface area (Å²) in [5, 5.41) is 38.5. The minimum Gasteiger partial charge on any atom is -0.478 e. The maximum atomic E-state index is 13.8. The largest absolute Gasteiger partial charge is 0.478 e. The Balaban J connectivity index is 0.000000198. The fourth-order valence-electron chi connectivity index (χ4n) is 7.46. The molecule has 0 bridgehead atoms. The van der Waals surface area contributed by atoms with Gasteiger partial charge in [-0.15, -0.1) is 22.7 Å². The first-order valence-corrected chi connectivity index (χ1v) is 25.3. The van der Waals surface area contributed by atoms with Gasteiger partial charge in [-0.05, 0) is 55.7 Å². The average molecular weight is 1120 g/mol. The van der Waals surface area contributed by atoms with E-state index in [4.69, 9.17) is 62.5 Å². The van der Waals surface area contributed by atoms with Gasteiger partial charge in [-0.2, -0.15) is 0 Å². The van der Waals surface area contributed by atoms with E-state index in [-0.39, 0.29) is 27.8 Å². The van der Waals surface area contributed by atoms with Crippen molar-refractivity contribution in [3.8, 4) is 0 Å². The van der Waals surface area contributed by atoms with Crippen LogP contribution < -0.4 is 10.6 Å². The number of morpholine rings is 1. The summed E-state index contributed by atoms with van der Waals surface area (Å²) in [6, 6.07) is 6.38. The third kappa shape index (κ3) is 15.4. The number of amidine groups is 2. The Morgan fingerprint density at radius 1 is 0.845 bits per heavy atom. The van der Waals surface area contributed by atoms with Crippen molar-refractivity contribution in [3.05, 3.63) is 149 Å². The van der Waals surface area contributed by atoms with E-state index < -0.39 is 47.9 Å². The molecule has 2 fully saturated rings. The van der Waals surface area contributed by atoms with Crippen molar-refractivity contribution in [1.29, 1.82) is 0 Å². The molecule has 4 aromatic rings. The number of alkyl halides is 1. The minimum absolute atomic E-state index is 0.0276. The number of benzene rings is 2. The highest BCUT2D eigenvalue weighted by molar-refractivity contribution is 9.09. The quantitative estimate of drug-likeness (QED) is 0.0297. The van der Waals surface area contributed by atoms with Crippen molar-refractivity contribution in [1.82, 2.24) is 25.5 Å². The molecule has 4 aliphatic rings. The minimum atomic E-state index is -1.57. The number of carbonyl (C=O) groups is 3. The zero-order valence-corrected chi connectivity index (χ0v) is 42.7. The van der Waals surface area contributed by atoms with Gasteiger partial charge in [-0.3, -0.25) is 14.9 Å². The topological polar surface area (TPSA) is 227 Å². The molecule has 378 valence electrons. The molecule has 0 spiro atoms. The second-order valence-corrected chi connectivity index (χ2v) is 18.6. The normalized spacial score (nSPS) is 20.5. The van der Waals surface area contributed by atoms with Crippen LogP contribution in [-0.2, 0) is 33.3 Å². The molecule has 0 radical (unpaired) electrons. The van der Waals surface area contributed by atoms with Crippen LogP contribution in [0.2, 0.25) is 10.0 Å². The Bertz CT molecular complexity index is 2680. The van der Waals surface area contributed by atoms with E-state index in [2.05, 4.69) is 46.4 Å². The molecule has 0 unspecified atom stereocenters. The maximum absolute atomic E-state index is 13.8. The molecule has 0 saturated carbocycles. The molecular formula is C47H48BrCl2F2N7O10S2. The summed E-state index contributed by atoms with van der Waals surface area (Å²) in [4.78, 5) is 55.4. The predicted molar refractivity (Wildman–Crippen MR) is 268 cm³/mol. The van der Waals surface area contributed by atoms with Gasteiger partial charge in [0, 0.05) is 93.4 Å². The number of hydrogen-bond donors (Lipinski definition) is 5. The van der Waals surface area contributed by atoms with Crippen molar-refractivity contribution in [2.75, 3.05) is 52.4 Å². The number of carboxylic acids is 1. The number of carboxylic acid groups (broad SMARTS) is 1. The number of ether oxygens (including phenoxy) is 4. The Morgan fingerprint density at radius 2 is 1.39 bits per heavy atom. The summed E-state index contributed by atoms with van der Waals surface area (Å²) >= 11 is 18.8. The van der Waals surface area contributed by atoms with E-state index >= 15 is 0 Å². The summed E-state index contributed by atoms with van der Waals surface area (Å²) in [5.74, 6) is -2.01. The molecule has 71 heavy (non-hydrogen) atoms. The first kappa shape index (κ1) is 55.1. The Labute approximate surface area is 433 Å². The van der Waals surface area contributed by atoms with Gasteiger partial charge in [-0.1, -0.05) is 57.3 Å². The maximum Gasteiger partial charge on any atom is 0.338 e. The summed E-state index contributed by atoms with van der Waals surface area (Å²) in [5.41, 5.74) is 2.68. The second kappa shape index (κ2) is 27.0. The number of rotatable bonds is 13. The molecule has 2 aromatic heterocycles. The van der Waals surface area contributed by atoms with Crippen molar-refractivity contribution in [2.24, 2.45) is 9.98 Å². The van der Waals surface area contributed by atoms with Crippen LogP contribution in [0.15, 0.2) is 116 Å². The van der Waals surface area contributed by atoms with E-state index in [0.29, 0.717) is 81.4 Å². The molecule has 4 aliphatic heterocycles. The SMILES string of the molecule is COC(=O)C1=C(CBr)NC(c2nccs2)=N[C@H]1c1ccc(F)cc1Cl.COC(=O)C1=C(CN2CCO[C@H](/C=C/C(O)O)C2)NC(c2nccs2)=N[C@H]1c1ccc(F)cc1Cl.O=C(O)/C=C/[C@@H]1CCCCO1. The lowest BCUT2D eigenvalue weighted by atomic mass is 9.95. The highest BCUT2D eigenvalue weighted by Crippen LogP contribution is 2.38. The Morgan fingerprint density at radius 3 is 1.86 bits per heavy atom. The summed E-state index contributed by atoms with van der Waals surface area (Å²) in [7, 11) is 2.58. The number of aliphatic hydroxyl groups is 2. The average Bonchev–Trinajstić information content (AvgIpc) is 4.12. The molecule has 8 rings (SSSR count). The van der Waals surface area contributed by atoms with Crippen LogP contribution in [0, 0.1) is 11.6 Å². The third-order valence-electron chi connectivity index (χ3n) is 10.7. The zero-order valence-electron chi connectivity index (χ0n) is 38.0. The van der Waals surface area contributed by atoms with Crippen LogP contribution >= 0.6 is 61.8 Å². The lowest BCUT2D eigenvalue weighted by molar-refractivity contribution is -0.137. The molecular weight excluding hydrogens is 1080 g/mol. The fraction of sp³-hybridized carbons (Fsp3) is 0.340. The van der Waals surface area contributed by atoms with Crippen LogP contribution in [0.25, 0.3) is 0 Å². The van der Waals surface area contributed by atoms with Gasteiger partial charge in [0.1, 0.15) is 23.7 Å². The number of allylic oxidation sites excluding steroid dienone is 1. The number of aliphatic hydroxyl groups excluding tert-OH is 1. The smallest absolute Gasteiger partial charge is 0.338 e. The van der Waals surface area contributed by atoms with Crippen molar-refractivity contribution >= 4 is 91.4 Å². The monoisotopic (exact) mass is 1120 g/mol. The number of carbonyl (C=O) groups excluding carboxylic acids is 2. The van der Waals surface area contributed by atoms with E-state index in [0.717, 1.165) is 31.9 Å². The van der Waals surface area contributed by atoms with Gasteiger partial charge in [0.2, 0.25) is 0 Å². The summed E-state index contributed by atoms with van der Waals surface area (Å²) in [6.07, 6.45) is 10.2. The Kier molecular flexibility index (Phi) is 20.9. The molecule has 4 atom stereocenters. The van der Waals surface area contributed by atoms with Crippen molar-refractivity contribution in [3.63, 3.8) is 0 Å². The van der Waals surface area contributed by atoms with Gasteiger partial charge in [-0.25, -0.2) is 33.1 Å². The van der Waals surface area contributed by atoms with E-state index in [1.807, 2.05) is 10.8 Å². The molecule has 6 heterocycles. The lowest BCUT2D eigenvalue weighted by Crippen LogP contribution is -2.46.